The Kier molecular flexibility index (Phi) is 3.82. The second-order valence-corrected chi connectivity index (χ2v) is 5.15. The highest BCUT2D eigenvalue weighted by atomic mass is 16.5. The van der Waals surface area contributed by atoms with E-state index in [2.05, 4.69) is 10.6 Å². The lowest BCUT2D eigenvalue weighted by Crippen LogP contribution is -2.48. The minimum atomic E-state index is 0.0343. The van der Waals surface area contributed by atoms with Crippen molar-refractivity contribution < 1.29 is 9.53 Å². The SMILES string of the molecule is COCC1(CNC(=O)[C@H]2CCCCN2)CC1. The van der Waals surface area contributed by atoms with E-state index in [-0.39, 0.29) is 17.4 Å². The minimum absolute atomic E-state index is 0.0343. The summed E-state index contributed by atoms with van der Waals surface area (Å²) in [5, 5.41) is 6.32. The van der Waals surface area contributed by atoms with E-state index in [0.717, 1.165) is 32.5 Å². The van der Waals surface area contributed by atoms with Crippen LogP contribution in [0.5, 0.6) is 0 Å². The monoisotopic (exact) mass is 226 g/mol. The fraction of sp³-hybridized carbons (Fsp3) is 0.917. The molecule has 1 amide bonds. The van der Waals surface area contributed by atoms with Crippen LogP contribution in [0.4, 0.5) is 0 Å². The number of piperidine rings is 1. The Hall–Kier alpha value is -0.610. The van der Waals surface area contributed by atoms with Crippen LogP contribution >= 0.6 is 0 Å². The summed E-state index contributed by atoms with van der Waals surface area (Å²) in [4.78, 5) is 11.9. The van der Waals surface area contributed by atoms with E-state index < -0.39 is 0 Å². The Morgan fingerprint density at radius 2 is 2.31 bits per heavy atom. The Balaban J connectivity index is 1.70. The van der Waals surface area contributed by atoms with E-state index in [9.17, 15) is 4.79 Å². The van der Waals surface area contributed by atoms with E-state index in [4.69, 9.17) is 4.74 Å². The van der Waals surface area contributed by atoms with Gasteiger partial charge in [0.05, 0.1) is 12.6 Å². The van der Waals surface area contributed by atoms with Crippen molar-refractivity contribution in [3.05, 3.63) is 0 Å². The number of amides is 1. The zero-order valence-electron chi connectivity index (χ0n) is 10.1. The van der Waals surface area contributed by atoms with Crippen LogP contribution in [0.25, 0.3) is 0 Å². The molecule has 0 bridgehead atoms. The normalized spacial score (nSPS) is 27.4. The highest BCUT2D eigenvalue weighted by molar-refractivity contribution is 5.81. The van der Waals surface area contributed by atoms with Crippen molar-refractivity contribution in [2.75, 3.05) is 26.8 Å². The zero-order valence-corrected chi connectivity index (χ0v) is 10.1. The molecule has 0 aromatic heterocycles. The molecule has 1 aliphatic carbocycles. The summed E-state index contributed by atoms with van der Waals surface area (Å²) >= 11 is 0. The van der Waals surface area contributed by atoms with Gasteiger partial charge in [0.1, 0.15) is 0 Å². The van der Waals surface area contributed by atoms with Crippen molar-refractivity contribution in [1.82, 2.24) is 10.6 Å². The van der Waals surface area contributed by atoms with Gasteiger partial charge in [0.2, 0.25) is 5.91 Å². The number of hydrogen-bond donors (Lipinski definition) is 2. The molecule has 1 saturated carbocycles. The van der Waals surface area contributed by atoms with Crippen LogP contribution < -0.4 is 10.6 Å². The van der Waals surface area contributed by atoms with E-state index in [0.29, 0.717) is 0 Å². The molecule has 16 heavy (non-hydrogen) atoms. The van der Waals surface area contributed by atoms with Gasteiger partial charge in [-0.1, -0.05) is 6.42 Å². The Morgan fingerprint density at radius 3 is 2.88 bits per heavy atom. The standard InChI is InChI=1S/C12H22N2O2/c1-16-9-12(5-6-12)8-14-11(15)10-4-2-3-7-13-10/h10,13H,2-9H2,1H3,(H,14,15)/t10-/m1/s1. The van der Waals surface area contributed by atoms with Crippen LogP contribution in [-0.4, -0.2) is 38.8 Å². The summed E-state index contributed by atoms with van der Waals surface area (Å²) in [6.45, 7) is 2.52. The first-order chi connectivity index (χ1) is 7.76. The number of ether oxygens (including phenoxy) is 1. The fourth-order valence-corrected chi connectivity index (χ4v) is 2.33. The molecule has 0 spiro atoms. The molecule has 4 heteroatoms. The summed E-state index contributed by atoms with van der Waals surface area (Å²) in [5.41, 5.74) is 0.249. The van der Waals surface area contributed by atoms with E-state index in [1.165, 1.54) is 19.3 Å². The molecule has 2 N–H and O–H groups in total. The number of methoxy groups -OCH3 is 1. The Morgan fingerprint density at radius 1 is 1.50 bits per heavy atom. The summed E-state index contributed by atoms with van der Waals surface area (Å²) < 4.78 is 5.18. The van der Waals surface area contributed by atoms with Crippen LogP contribution in [0.1, 0.15) is 32.1 Å². The first kappa shape index (κ1) is 11.9. The zero-order chi connectivity index (χ0) is 11.4. The van der Waals surface area contributed by atoms with E-state index >= 15 is 0 Å². The molecule has 1 aliphatic heterocycles. The smallest absolute Gasteiger partial charge is 0.237 e. The van der Waals surface area contributed by atoms with Crippen LogP contribution in [-0.2, 0) is 9.53 Å². The second kappa shape index (κ2) is 5.15. The number of nitrogens with one attached hydrogen (secondary N) is 2. The molecule has 0 aromatic carbocycles. The quantitative estimate of drug-likeness (QED) is 0.724. The molecular formula is C12H22N2O2. The molecule has 1 saturated heterocycles. The predicted molar refractivity (Wildman–Crippen MR) is 62.2 cm³/mol. The first-order valence-electron chi connectivity index (χ1n) is 6.26. The largest absolute Gasteiger partial charge is 0.384 e. The van der Waals surface area contributed by atoms with Crippen LogP contribution in [0.2, 0.25) is 0 Å². The van der Waals surface area contributed by atoms with Crippen molar-refractivity contribution in [2.45, 2.75) is 38.1 Å². The number of carbonyl (C=O) groups excluding carboxylic acids is 1. The van der Waals surface area contributed by atoms with Crippen molar-refractivity contribution >= 4 is 5.91 Å². The van der Waals surface area contributed by atoms with Gasteiger partial charge in [-0.25, -0.2) is 0 Å². The molecule has 2 aliphatic rings. The maximum atomic E-state index is 11.9. The molecule has 92 valence electrons. The number of hydrogen-bond acceptors (Lipinski definition) is 3. The summed E-state index contributed by atoms with van der Waals surface area (Å²) in [6.07, 6.45) is 5.69. The molecule has 2 fully saturated rings. The number of carbonyl (C=O) groups is 1. The minimum Gasteiger partial charge on any atom is -0.384 e. The number of rotatable bonds is 5. The Labute approximate surface area is 97.1 Å². The lowest BCUT2D eigenvalue weighted by Gasteiger charge is -2.24. The van der Waals surface area contributed by atoms with Gasteiger partial charge in [-0.3, -0.25) is 4.79 Å². The molecule has 1 heterocycles. The van der Waals surface area contributed by atoms with Gasteiger partial charge in [0, 0.05) is 19.1 Å². The summed E-state index contributed by atoms with van der Waals surface area (Å²) in [5.74, 6) is 0.169. The predicted octanol–water partition coefficient (Wildman–Crippen LogP) is 0.671. The lowest BCUT2D eigenvalue weighted by molar-refractivity contribution is -0.124. The average molecular weight is 226 g/mol. The van der Waals surface area contributed by atoms with Crippen molar-refractivity contribution in [3.63, 3.8) is 0 Å². The summed E-state index contributed by atoms with van der Waals surface area (Å²) in [7, 11) is 1.73. The third-order valence-electron chi connectivity index (χ3n) is 3.67. The summed E-state index contributed by atoms with van der Waals surface area (Å²) in [6, 6.07) is 0.0343. The van der Waals surface area contributed by atoms with Gasteiger partial charge in [0.15, 0.2) is 0 Å². The van der Waals surface area contributed by atoms with Gasteiger partial charge in [-0.15, -0.1) is 0 Å². The van der Waals surface area contributed by atoms with Crippen molar-refractivity contribution in [1.29, 1.82) is 0 Å². The van der Waals surface area contributed by atoms with Gasteiger partial charge in [-0.2, -0.15) is 0 Å². The average Bonchev–Trinajstić information content (AvgIpc) is 3.08. The third-order valence-corrected chi connectivity index (χ3v) is 3.67. The lowest BCUT2D eigenvalue weighted by atomic mass is 10.0. The molecule has 1 atom stereocenters. The van der Waals surface area contributed by atoms with Gasteiger partial charge < -0.3 is 15.4 Å². The molecular weight excluding hydrogens is 204 g/mol. The van der Waals surface area contributed by atoms with Crippen LogP contribution in [0.3, 0.4) is 0 Å². The maximum Gasteiger partial charge on any atom is 0.237 e. The molecule has 4 nitrogen and oxygen atoms in total. The van der Waals surface area contributed by atoms with Gasteiger partial charge >= 0.3 is 0 Å². The maximum absolute atomic E-state index is 11.9. The van der Waals surface area contributed by atoms with Gasteiger partial charge in [-0.05, 0) is 32.2 Å². The molecule has 0 aromatic rings. The molecule has 0 radical (unpaired) electrons. The molecule has 2 rings (SSSR count). The third kappa shape index (κ3) is 2.95. The van der Waals surface area contributed by atoms with Crippen LogP contribution in [0.15, 0.2) is 0 Å². The van der Waals surface area contributed by atoms with Crippen molar-refractivity contribution in [2.24, 2.45) is 5.41 Å². The van der Waals surface area contributed by atoms with Gasteiger partial charge in [0.25, 0.3) is 0 Å². The van der Waals surface area contributed by atoms with Crippen molar-refractivity contribution in [3.8, 4) is 0 Å². The van der Waals surface area contributed by atoms with Crippen LogP contribution in [0, 0.1) is 5.41 Å². The van der Waals surface area contributed by atoms with E-state index in [1.54, 1.807) is 7.11 Å². The Bertz CT molecular complexity index is 245. The second-order valence-electron chi connectivity index (χ2n) is 5.15. The highest BCUT2D eigenvalue weighted by Gasteiger charge is 2.43. The molecule has 0 unspecified atom stereocenters. The van der Waals surface area contributed by atoms with E-state index in [1.807, 2.05) is 0 Å². The highest BCUT2D eigenvalue weighted by Crippen LogP contribution is 2.45. The fourth-order valence-electron chi connectivity index (χ4n) is 2.33. The topological polar surface area (TPSA) is 50.4 Å². The first-order valence-corrected chi connectivity index (χ1v) is 6.26.